The summed E-state index contributed by atoms with van der Waals surface area (Å²) >= 11 is 1.43. The van der Waals surface area contributed by atoms with Crippen molar-refractivity contribution in [3.8, 4) is 0 Å². The normalized spacial score (nSPS) is 12.7. The highest BCUT2D eigenvalue weighted by molar-refractivity contribution is 7.05. The molecule has 0 amide bonds. The fraction of sp³-hybridized carbons (Fsp3) is 0.636. The Kier molecular flexibility index (Phi) is 4.91. The molecule has 0 aliphatic heterocycles. The third kappa shape index (κ3) is 3.72. The van der Waals surface area contributed by atoms with Gasteiger partial charge in [-0.15, -0.1) is 11.7 Å². The Bertz CT molecular complexity index is 319. The van der Waals surface area contributed by atoms with E-state index in [-0.39, 0.29) is 6.04 Å². The van der Waals surface area contributed by atoms with Crippen LogP contribution in [0.5, 0.6) is 0 Å². The number of nitrogens with zero attached hydrogens (tertiary/aromatic N) is 2. The highest BCUT2D eigenvalue weighted by Crippen LogP contribution is 2.24. The van der Waals surface area contributed by atoms with E-state index in [0.717, 1.165) is 36.3 Å². The molecule has 1 atom stereocenters. The Morgan fingerprint density at radius 3 is 2.93 bits per heavy atom. The molecule has 3 nitrogen and oxygen atoms in total. The molecule has 1 unspecified atom stereocenters. The van der Waals surface area contributed by atoms with Gasteiger partial charge >= 0.3 is 0 Å². The summed E-state index contributed by atoms with van der Waals surface area (Å²) in [5.74, 6) is 0. The van der Waals surface area contributed by atoms with Gasteiger partial charge < -0.3 is 5.73 Å². The molecule has 0 saturated carbocycles. The Balaban J connectivity index is 2.59. The number of allylic oxidation sites excluding steroid dienone is 1. The van der Waals surface area contributed by atoms with E-state index in [2.05, 4.69) is 23.1 Å². The molecule has 1 heterocycles. The lowest BCUT2D eigenvalue weighted by atomic mass is 10.0. The van der Waals surface area contributed by atoms with Crippen molar-refractivity contribution >= 4 is 11.5 Å². The number of aryl methyl sites for hydroxylation is 1. The number of rotatable bonds is 6. The first-order chi connectivity index (χ1) is 7.15. The molecule has 0 aliphatic carbocycles. The second-order valence-corrected chi connectivity index (χ2v) is 4.72. The predicted octanol–water partition coefficient (Wildman–Crippen LogP) is 2.85. The molecule has 4 heteroatoms. The van der Waals surface area contributed by atoms with Gasteiger partial charge in [-0.3, -0.25) is 0 Å². The predicted molar refractivity (Wildman–Crippen MR) is 64.9 cm³/mol. The van der Waals surface area contributed by atoms with Crippen LogP contribution in [0.15, 0.2) is 12.2 Å². The van der Waals surface area contributed by atoms with Crippen molar-refractivity contribution in [1.82, 2.24) is 9.59 Å². The quantitative estimate of drug-likeness (QED) is 0.757. The van der Waals surface area contributed by atoms with Crippen LogP contribution in [0.1, 0.15) is 49.7 Å². The molecule has 84 valence electrons. The first-order valence-electron chi connectivity index (χ1n) is 5.36. The van der Waals surface area contributed by atoms with E-state index >= 15 is 0 Å². The molecule has 0 aromatic carbocycles. The van der Waals surface area contributed by atoms with Gasteiger partial charge in [0.25, 0.3) is 0 Å². The minimum absolute atomic E-state index is 0.0725. The zero-order valence-corrected chi connectivity index (χ0v) is 10.3. The molecular weight excluding hydrogens is 206 g/mol. The average molecular weight is 225 g/mol. The minimum Gasteiger partial charge on any atom is -0.323 e. The van der Waals surface area contributed by atoms with E-state index in [0.29, 0.717) is 0 Å². The first kappa shape index (κ1) is 12.3. The van der Waals surface area contributed by atoms with E-state index < -0.39 is 0 Å². The van der Waals surface area contributed by atoms with Gasteiger partial charge in [-0.2, -0.15) is 0 Å². The van der Waals surface area contributed by atoms with Gasteiger partial charge in [0.1, 0.15) is 0 Å². The van der Waals surface area contributed by atoms with Gasteiger partial charge in [0, 0.05) is 6.04 Å². The maximum Gasteiger partial charge on any atom is 0.0803 e. The summed E-state index contributed by atoms with van der Waals surface area (Å²) < 4.78 is 3.98. The fourth-order valence-corrected chi connectivity index (χ4v) is 2.17. The molecule has 0 aliphatic rings. The van der Waals surface area contributed by atoms with Gasteiger partial charge in [-0.1, -0.05) is 23.4 Å². The highest BCUT2D eigenvalue weighted by atomic mass is 32.1. The second-order valence-electron chi connectivity index (χ2n) is 3.94. The van der Waals surface area contributed by atoms with E-state index in [1.54, 1.807) is 0 Å². The molecule has 15 heavy (non-hydrogen) atoms. The van der Waals surface area contributed by atoms with E-state index in [4.69, 9.17) is 5.73 Å². The number of hydrogen-bond acceptors (Lipinski definition) is 4. The molecular formula is C11H19N3S. The third-order valence-electron chi connectivity index (χ3n) is 2.29. The molecule has 1 aromatic rings. The Hall–Kier alpha value is -0.740. The Morgan fingerprint density at radius 1 is 1.60 bits per heavy atom. The average Bonchev–Trinajstić information content (AvgIpc) is 2.63. The lowest BCUT2D eigenvalue weighted by molar-refractivity contribution is 0.648. The minimum atomic E-state index is 0.0725. The van der Waals surface area contributed by atoms with E-state index in [9.17, 15) is 0 Å². The highest BCUT2D eigenvalue weighted by Gasteiger charge is 2.14. The SMILES string of the molecule is C=C(C)CCC(N)c1snnc1CCC. The lowest BCUT2D eigenvalue weighted by Gasteiger charge is -2.09. The van der Waals surface area contributed by atoms with Crippen molar-refractivity contribution in [2.75, 3.05) is 0 Å². The smallest absolute Gasteiger partial charge is 0.0803 e. The third-order valence-corrected chi connectivity index (χ3v) is 3.19. The van der Waals surface area contributed by atoms with Crippen molar-refractivity contribution in [1.29, 1.82) is 0 Å². The monoisotopic (exact) mass is 225 g/mol. The van der Waals surface area contributed by atoms with Crippen LogP contribution in [-0.4, -0.2) is 9.59 Å². The summed E-state index contributed by atoms with van der Waals surface area (Å²) in [6, 6.07) is 0.0725. The van der Waals surface area contributed by atoms with Gasteiger partial charge in [-0.05, 0) is 37.7 Å². The molecule has 0 fully saturated rings. The molecule has 0 bridgehead atoms. The van der Waals surface area contributed by atoms with Gasteiger partial charge in [-0.25, -0.2) is 0 Å². The van der Waals surface area contributed by atoms with Crippen molar-refractivity contribution in [2.45, 2.75) is 45.6 Å². The van der Waals surface area contributed by atoms with Gasteiger partial charge in [0.05, 0.1) is 10.6 Å². The van der Waals surface area contributed by atoms with Crippen LogP contribution < -0.4 is 5.73 Å². The summed E-state index contributed by atoms with van der Waals surface area (Å²) in [5, 5.41) is 4.12. The zero-order valence-electron chi connectivity index (χ0n) is 9.49. The Labute approximate surface area is 95.6 Å². The van der Waals surface area contributed by atoms with Crippen molar-refractivity contribution in [3.05, 3.63) is 22.7 Å². The van der Waals surface area contributed by atoms with Crippen LogP contribution in [0.25, 0.3) is 0 Å². The summed E-state index contributed by atoms with van der Waals surface area (Å²) in [6.07, 6.45) is 3.98. The van der Waals surface area contributed by atoms with Crippen LogP contribution >= 0.6 is 11.5 Å². The van der Waals surface area contributed by atoms with Crippen LogP contribution in [-0.2, 0) is 6.42 Å². The summed E-state index contributed by atoms with van der Waals surface area (Å²) in [6.45, 7) is 8.06. The molecule has 0 saturated heterocycles. The first-order valence-corrected chi connectivity index (χ1v) is 6.13. The van der Waals surface area contributed by atoms with Crippen molar-refractivity contribution in [3.63, 3.8) is 0 Å². The number of hydrogen-bond donors (Lipinski definition) is 1. The van der Waals surface area contributed by atoms with Gasteiger partial charge in [0.15, 0.2) is 0 Å². The second kappa shape index (κ2) is 5.98. The molecule has 0 radical (unpaired) electrons. The van der Waals surface area contributed by atoms with Gasteiger partial charge in [0.2, 0.25) is 0 Å². The lowest BCUT2D eigenvalue weighted by Crippen LogP contribution is -2.10. The summed E-state index contributed by atoms with van der Waals surface area (Å²) in [4.78, 5) is 1.15. The van der Waals surface area contributed by atoms with Crippen molar-refractivity contribution in [2.24, 2.45) is 5.73 Å². The van der Waals surface area contributed by atoms with Crippen LogP contribution in [0, 0.1) is 0 Å². The maximum atomic E-state index is 6.11. The maximum absolute atomic E-state index is 6.11. The zero-order chi connectivity index (χ0) is 11.3. The largest absolute Gasteiger partial charge is 0.323 e. The molecule has 1 aromatic heterocycles. The summed E-state index contributed by atoms with van der Waals surface area (Å²) in [5.41, 5.74) is 8.37. The number of aromatic nitrogens is 2. The molecule has 0 spiro atoms. The fourth-order valence-electron chi connectivity index (χ4n) is 1.44. The standard InChI is InChI=1S/C11H19N3S/c1-4-5-10-11(15-14-13-10)9(12)7-6-8(2)3/h9H,2,4-7,12H2,1,3H3. The molecule has 2 N–H and O–H groups in total. The van der Waals surface area contributed by atoms with Crippen molar-refractivity contribution < 1.29 is 0 Å². The van der Waals surface area contributed by atoms with Crippen LogP contribution in [0.2, 0.25) is 0 Å². The van der Waals surface area contributed by atoms with E-state index in [1.165, 1.54) is 17.1 Å². The van der Waals surface area contributed by atoms with E-state index in [1.807, 2.05) is 6.92 Å². The topological polar surface area (TPSA) is 51.8 Å². The summed E-state index contributed by atoms with van der Waals surface area (Å²) in [7, 11) is 0. The van der Waals surface area contributed by atoms with Crippen LogP contribution in [0.3, 0.4) is 0 Å². The Morgan fingerprint density at radius 2 is 2.33 bits per heavy atom. The number of nitrogens with two attached hydrogens (primary N) is 1. The van der Waals surface area contributed by atoms with Crippen LogP contribution in [0.4, 0.5) is 0 Å². The molecule has 1 rings (SSSR count).